The van der Waals surface area contributed by atoms with E-state index in [9.17, 15) is 10.2 Å². The third-order valence-electron chi connectivity index (χ3n) is 8.98. The predicted octanol–water partition coefficient (Wildman–Crippen LogP) is 6.36. The molecule has 0 aliphatic heterocycles. The van der Waals surface area contributed by atoms with E-state index in [0.717, 1.165) is 29.4 Å². The number of fused-ring (bicyclic) bond motifs is 1. The molecule has 3 saturated carbocycles. The minimum Gasteiger partial charge on any atom is -0.393 e. The number of hydrogen-bond acceptors (Lipinski definition) is 3. The molecule has 0 spiro atoms. The molecule has 3 aliphatic rings. The molecular weight excluding hydrogens is 384 g/mol. The molecule has 0 bridgehead atoms. The molecule has 0 radical (unpaired) electrons. The SMILES string of the molecule is C=C1/C(=C\C=C2CCC[C@@]3(C)C2CC[C@@H]3[C@H](C)CCCC(C)(C)OC)C[C@@H](O)C[C@H]1O. The lowest BCUT2D eigenvalue weighted by molar-refractivity contribution is 0.0108. The molecule has 176 valence electrons. The van der Waals surface area contributed by atoms with Crippen molar-refractivity contribution in [1.29, 1.82) is 0 Å². The third kappa shape index (κ3) is 5.54. The highest BCUT2D eigenvalue weighted by molar-refractivity contribution is 5.38. The Morgan fingerprint density at radius 2 is 2.00 bits per heavy atom. The summed E-state index contributed by atoms with van der Waals surface area (Å²) in [6.45, 7) is 13.5. The molecule has 1 unspecified atom stereocenters. The summed E-state index contributed by atoms with van der Waals surface area (Å²) in [7, 11) is 1.82. The van der Waals surface area contributed by atoms with E-state index in [0.29, 0.717) is 24.2 Å². The molecule has 2 N–H and O–H groups in total. The number of ether oxygens (including phenoxy) is 1. The highest BCUT2D eigenvalue weighted by Crippen LogP contribution is 2.60. The molecule has 6 atom stereocenters. The second-order valence-electron chi connectivity index (χ2n) is 11.5. The molecule has 3 nitrogen and oxygen atoms in total. The van der Waals surface area contributed by atoms with Crippen LogP contribution >= 0.6 is 0 Å². The van der Waals surface area contributed by atoms with Crippen LogP contribution in [0.15, 0.2) is 35.5 Å². The Balaban J connectivity index is 1.68. The predicted molar refractivity (Wildman–Crippen MR) is 129 cm³/mol. The van der Waals surface area contributed by atoms with Gasteiger partial charge in [0, 0.05) is 13.5 Å². The van der Waals surface area contributed by atoms with Crippen LogP contribution in [0.5, 0.6) is 0 Å². The average Bonchev–Trinajstić information content (AvgIpc) is 3.07. The Kier molecular flexibility index (Phi) is 7.92. The number of allylic oxidation sites excluding steroid dienone is 3. The average molecular weight is 431 g/mol. The van der Waals surface area contributed by atoms with Gasteiger partial charge in [-0.05, 0) is 93.1 Å². The fourth-order valence-electron chi connectivity index (χ4n) is 6.83. The maximum atomic E-state index is 10.2. The van der Waals surface area contributed by atoms with Gasteiger partial charge in [-0.1, -0.05) is 51.0 Å². The van der Waals surface area contributed by atoms with Gasteiger partial charge in [-0.15, -0.1) is 0 Å². The summed E-state index contributed by atoms with van der Waals surface area (Å²) in [5, 5.41) is 20.2. The number of aliphatic hydroxyl groups is 2. The Hall–Kier alpha value is -0.900. The van der Waals surface area contributed by atoms with Crippen molar-refractivity contribution in [2.75, 3.05) is 7.11 Å². The fourth-order valence-corrected chi connectivity index (χ4v) is 6.83. The first-order valence-electron chi connectivity index (χ1n) is 12.6. The third-order valence-corrected chi connectivity index (χ3v) is 8.98. The van der Waals surface area contributed by atoms with Gasteiger partial charge >= 0.3 is 0 Å². The van der Waals surface area contributed by atoms with Gasteiger partial charge in [-0.3, -0.25) is 0 Å². The maximum Gasteiger partial charge on any atom is 0.0811 e. The largest absolute Gasteiger partial charge is 0.393 e. The van der Waals surface area contributed by atoms with Crippen LogP contribution in [0.1, 0.15) is 91.9 Å². The van der Waals surface area contributed by atoms with E-state index < -0.39 is 12.2 Å². The zero-order valence-corrected chi connectivity index (χ0v) is 20.6. The van der Waals surface area contributed by atoms with Gasteiger partial charge < -0.3 is 14.9 Å². The summed E-state index contributed by atoms with van der Waals surface area (Å²) in [4.78, 5) is 0. The molecule has 3 heteroatoms. The summed E-state index contributed by atoms with van der Waals surface area (Å²) in [5.41, 5.74) is 3.79. The topological polar surface area (TPSA) is 49.7 Å². The smallest absolute Gasteiger partial charge is 0.0811 e. The van der Waals surface area contributed by atoms with Crippen LogP contribution in [0.4, 0.5) is 0 Å². The minimum absolute atomic E-state index is 0.0135. The van der Waals surface area contributed by atoms with Crippen molar-refractivity contribution >= 4 is 0 Å². The Morgan fingerprint density at radius 3 is 2.71 bits per heavy atom. The van der Waals surface area contributed by atoms with Crippen LogP contribution in [0.3, 0.4) is 0 Å². The second-order valence-corrected chi connectivity index (χ2v) is 11.5. The molecule has 0 aromatic heterocycles. The van der Waals surface area contributed by atoms with Gasteiger partial charge in [-0.2, -0.15) is 0 Å². The monoisotopic (exact) mass is 430 g/mol. The molecule has 3 aliphatic carbocycles. The molecule has 0 aromatic carbocycles. The van der Waals surface area contributed by atoms with Crippen LogP contribution in [0, 0.1) is 23.2 Å². The number of aliphatic hydroxyl groups excluding tert-OH is 2. The van der Waals surface area contributed by atoms with Crippen LogP contribution in [-0.4, -0.2) is 35.1 Å². The van der Waals surface area contributed by atoms with E-state index in [1.165, 1.54) is 44.9 Å². The van der Waals surface area contributed by atoms with Gasteiger partial charge in [-0.25, -0.2) is 0 Å². The summed E-state index contributed by atoms with van der Waals surface area (Å²) < 4.78 is 5.61. The molecule has 0 amide bonds. The molecule has 0 heterocycles. The molecule has 31 heavy (non-hydrogen) atoms. The summed E-state index contributed by atoms with van der Waals surface area (Å²) in [5.74, 6) is 2.23. The van der Waals surface area contributed by atoms with Crippen molar-refractivity contribution in [3.8, 4) is 0 Å². The quantitative estimate of drug-likeness (QED) is 0.494. The van der Waals surface area contributed by atoms with Crippen molar-refractivity contribution in [2.24, 2.45) is 23.2 Å². The van der Waals surface area contributed by atoms with Gasteiger partial charge in [0.05, 0.1) is 17.8 Å². The first-order valence-corrected chi connectivity index (χ1v) is 12.6. The minimum atomic E-state index is -0.607. The zero-order valence-electron chi connectivity index (χ0n) is 20.6. The van der Waals surface area contributed by atoms with Crippen LogP contribution in [0.2, 0.25) is 0 Å². The van der Waals surface area contributed by atoms with E-state index in [1.807, 2.05) is 7.11 Å². The molecule has 0 saturated heterocycles. The van der Waals surface area contributed by atoms with Crippen LogP contribution in [0.25, 0.3) is 0 Å². The number of methoxy groups -OCH3 is 1. The van der Waals surface area contributed by atoms with Gasteiger partial charge in [0.25, 0.3) is 0 Å². The van der Waals surface area contributed by atoms with Gasteiger partial charge in [0.15, 0.2) is 0 Å². The molecule has 3 fully saturated rings. The van der Waals surface area contributed by atoms with Crippen molar-refractivity contribution in [1.82, 2.24) is 0 Å². The normalized spacial score (nSPS) is 38.0. The second kappa shape index (κ2) is 9.93. The van der Waals surface area contributed by atoms with Gasteiger partial charge in [0.1, 0.15) is 0 Å². The Morgan fingerprint density at radius 1 is 1.26 bits per heavy atom. The molecular formula is C28H46O3. The summed E-state index contributed by atoms with van der Waals surface area (Å²) in [6.07, 6.45) is 14.5. The summed E-state index contributed by atoms with van der Waals surface area (Å²) >= 11 is 0. The maximum absolute atomic E-state index is 10.2. The van der Waals surface area contributed by atoms with Crippen molar-refractivity contribution < 1.29 is 14.9 Å². The zero-order chi connectivity index (χ0) is 22.8. The first-order chi connectivity index (χ1) is 14.6. The number of hydrogen-bond donors (Lipinski definition) is 2. The molecule has 0 aromatic rings. The van der Waals surface area contributed by atoms with E-state index in [2.05, 4.69) is 46.4 Å². The van der Waals surface area contributed by atoms with Crippen LogP contribution in [-0.2, 0) is 4.74 Å². The van der Waals surface area contributed by atoms with Gasteiger partial charge in [0.2, 0.25) is 0 Å². The number of rotatable bonds is 7. The lowest BCUT2D eigenvalue weighted by Gasteiger charge is -2.44. The van der Waals surface area contributed by atoms with Crippen molar-refractivity contribution in [3.63, 3.8) is 0 Å². The Bertz CT molecular complexity index is 703. The highest BCUT2D eigenvalue weighted by atomic mass is 16.5. The highest BCUT2D eigenvalue weighted by Gasteiger charge is 2.50. The van der Waals surface area contributed by atoms with E-state index >= 15 is 0 Å². The lowest BCUT2D eigenvalue weighted by atomic mass is 9.60. The first kappa shape index (κ1) is 24.7. The van der Waals surface area contributed by atoms with E-state index in [-0.39, 0.29) is 5.60 Å². The van der Waals surface area contributed by atoms with E-state index in [4.69, 9.17) is 4.74 Å². The van der Waals surface area contributed by atoms with Crippen LogP contribution < -0.4 is 0 Å². The standard InChI is InChI=1S/C28H46O3/c1-19(9-7-15-27(3,4)31-6)24-13-14-25-21(10-8-16-28(24,25)5)11-12-22-17-23(29)18-26(30)20(22)2/h11-12,19,23-26,29-30H,2,7-10,13-18H2,1,3-6H3/b21-11?,22-12-/t19-,23-,24-,25?,26-,28-/m1/s1. The molecule has 3 rings (SSSR count). The Labute approximate surface area is 190 Å². The van der Waals surface area contributed by atoms with Crippen molar-refractivity contribution in [2.45, 2.75) is 110 Å². The summed E-state index contributed by atoms with van der Waals surface area (Å²) in [6, 6.07) is 0. The van der Waals surface area contributed by atoms with E-state index in [1.54, 1.807) is 5.57 Å². The van der Waals surface area contributed by atoms with Crippen molar-refractivity contribution in [3.05, 3.63) is 35.5 Å². The lowest BCUT2D eigenvalue weighted by Crippen LogP contribution is -2.36. The fraction of sp³-hybridized carbons (Fsp3) is 0.786.